The van der Waals surface area contributed by atoms with Gasteiger partial charge in [-0.15, -0.1) is 0 Å². The minimum atomic E-state index is 0.570. The van der Waals surface area contributed by atoms with Crippen molar-refractivity contribution in [1.82, 2.24) is 5.32 Å². The van der Waals surface area contributed by atoms with Crippen molar-refractivity contribution in [3.05, 3.63) is 29.5 Å². The first-order chi connectivity index (χ1) is 9.31. The summed E-state index contributed by atoms with van der Waals surface area (Å²) < 4.78 is 16.5. The number of fused-ring (bicyclic) bond motifs is 1. The van der Waals surface area contributed by atoms with Gasteiger partial charge in [0, 0.05) is 30.2 Å². The molecule has 19 heavy (non-hydrogen) atoms. The number of ether oxygens (including phenoxy) is 2. The number of methoxy groups -OCH3 is 2. The van der Waals surface area contributed by atoms with Gasteiger partial charge in [-0.25, -0.2) is 0 Å². The van der Waals surface area contributed by atoms with Crippen molar-refractivity contribution in [2.24, 2.45) is 0 Å². The van der Waals surface area contributed by atoms with Crippen LogP contribution < -0.4 is 10.1 Å². The van der Waals surface area contributed by atoms with E-state index in [9.17, 15) is 0 Å². The largest absolute Gasteiger partial charge is 0.497 e. The van der Waals surface area contributed by atoms with E-state index in [0.29, 0.717) is 12.6 Å². The van der Waals surface area contributed by atoms with Crippen LogP contribution in [0, 0.1) is 0 Å². The molecule has 0 saturated heterocycles. The summed E-state index contributed by atoms with van der Waals surface area (Å²) in [7, 11) is 3.37. The van der Waals surface area contributed by atoms with Crippen LogP contribution in [0.3, 0.4) is 0 Å². The maximum Gasteiger partial charge on any atom is 0.138 e. The highest BCUT2D eigenvalue weighted by Crippen LogP contribution is 2.30. The summed E-state index contributed by atoms with van der Waals surface area (Å²) in [5.41, 5.74) is 1.99. The predicted octanol–water partition coefficient (Wildman–Crippen LogP) is 2.84. The highest BCUT2D eigenvalue weighted by atomic mass is 16.5. The van der Waals surface area contributed by atoms with E-state index in [1.165, 1.54) is 12.8 Å². The van der Waals surface area contributed by atoms with Crippen LogP contribution in [0.4, 0.5) is 0 Å². The fourth-order valence-corrected chi connectivity index (χ4v) is 2.28. The first-order valence-corrected chi connectivity index (χ1v) is 6.62. The molecule has 0 unspecified atom stereocenters. The van der Waals surface area contributed by atoms with Crippen LogP contribution in [-0.2, 0) is 17.9 Å². The van der Waals surface area contributed by atoms with Gasteiger partial charge in [-0.05, 0) is 25.0 Å². The van der Waals surface area contributed by atoms with E-state index < -0.39 is 0 Å². The molecule has 0 bridgehead atoms. The second-order valence-corrected chi connectivity index (χ2v) is 4.95. The van der Waals surface area contributed by atoms with E-state index >= 15 is 0 Å². The second-order valence-electron chi connectivity index (χ2n) is 4.95. The average molecular weight is 261 g/mol. The summed E-state index contributed by atoms with van der Waals surface area (Å²) in [6.07, 6.45) is 2.54. The van der Waals surface area contributed by atoms with Gasteiger partial charge in [0.1, 0.15) is 17.1 Å². The molecule has 4 nitrogen and oxygen atoms in total. The number of nitrogens with one attached hydrogen (secondary N) is 1. The third-order valence-corrected chi connectivity index (χ3v) is 3.50. The summed E-state index contributed by atoms with van der Waals surface area (Å²) in [5, 5.41) is 4.59. The van der Waals surface area contributed by atoms with Gasteiger partial charge in [-0.1, -0.05) is 0 Å². The third kappa shape index (κ3) is 2.60. The van der Waals surface area contributed by atoms with Crippen LogP contribution in [0.2, 0.25) is 0 Å². The standard InChI is InChI=1S/C15H19NO3/c1-17-9-13-12-6-5-11(18-2)7-14(12)19-15(13)8-16-10-3-4-10/h5-7,10,16H,3-4,8-9H2,1-2H3. The van der Waals surface area contributed by atoms with Crippen molar-refractivity contribution in [1.29, 1.82) is 0 Å². The smallest absolute Gasteiger partial charge is 0.138 e. The van der Waals surface area contributed by atoms with E-state index in [1.54, 1.807) is 14.2 Å². The molecule has 102 valence electrons. The molecule has 1 aliphatic rings. The number of hydrogen-bond acceptors (Lipinski definition) is 4. The van der Waals surface area contributed by atoms with Crippen LogP contribution in [-0.4, -0.2) is 20.3 Å². The number of hydrogen-bond donors (Lipinski definition) is 1. The molecule has 1 N–H and O–H groups in total. The lowest BCUT2D eigenvalue weighted by atomic mass is 10.1. The molecule has 0 amide bonds. The fraction of sp³-hybridized carbons (Fsp3) is 0.467. The minimum Gasteiger partial charge on any atom is -0.497 e. The van der Waals surface area contributed by atoms with E-state index in [2.05, 4.69) is 5.32 Å². The molecule has 0 spiro atoms. The summed E-state index contributed by atoms with van der Waals surface area (Å²) in [5.74, 6) is 1.78. The quantitative estimate of drug-likeness (QED) is 0.868. The molecule has 1 fully saturated rings. The first kappa shape index (κ1) is 12.5. The molecular weight excluding hydrogens is 242 g/mol. The minimum absolute atomic E-state index is 0.570. The van der Waals surface area contributed by atoms with Crippen molar-refractivity contribution in [3.63, 3.8) is 0 Å². The Hall–Kier alpha value is -1.52. The monoisotopic (exact) mass is 261 g/mol. The third-order valence-electron chi connectivity index (χ3n) is 3.50. The lowest BCUT2D eigenvalue weighted by Crippen LogP contribution is -2.15. The normalized spacial score (nSPS) is 15.1. The lowest BCUT2D eigenvalue weighted by molar-refractivity contribution is 0.183. The van der Waals surface area contributed by atoms with Crippen LogP contribution >= 0.6 is 0 Å². The highest BCUT2D eigenvalue weighted by Gasteiger charge is 2.22. The Morgan fingerprint density at radius 2 is 2.16 bits per heavy atom. The average Bonchev–Trinajstić information content (AvgIpc) is 3.20. The Morgan fingerprint density at radius 3 is 2.84 bits per heavy atom. The Bertz CT molecular complexity index is 572. The van der Waals surface area contributed by atoms with Crippen molar-refractivity contribution in [2.45, 2.75) is 32.0 Å². The van der Waals surface area contributed by atoms with Gasteiger partial charge in [0.05, 0.1) is 20.3 Å². The molecular formula is C15H19NO3. The van der Waals surface area contributed by atoms with Crippen LogP contribution in [0.5, 0.6) is 5.75 Å². The molecule has 1 aromatic carbocycles. The van der Waals surface area contributed by atoms with E-state index in [4.69, 9.17) is 13.9 Å². The first-order valence-electron chi connectivity index (χ1n) is 6.62. The van der Waals surface area contributed by atoms with Gasteiger partial charge >= 0.3 is 0 Å². The zero-order valence-corrected chi connectivity index (χ0v) is 11.4. The predicted molar refractivity (Wildman–Crippen MR) is 73.3 cm³/mol. The number of rotatable bonds is 6. The molecule has 2 aromatic rings. The summed E-state index contributed by atoms with van der Waals surface area (Å²) in [6.45, 7) is 1.33. The van der Waals surface area contributed by atoms with Crippen LogP contribution in [0.15, 0.2) is 22.6 Å². The van der Waals surface area contributed by atoms with E-state index in [0.717, 1.165) is 34.6 Å². The molecule has 1 aliphatic carbocycles. The molecule has 1 aromatic heterocycles. The van der Waals surface area contributed by atoms with Crippen LogP contribution in [0.1, 0.15) is 24.2 Å². The summed E-state index contributed by atoms with van der Waals surface area (Å²) in [4.78, 5) is 0. The van der Waals surface area contributed by atoms with Gasteiger partial charge < -0.3 is 19.2 Å². The SMILES string of the molecule is COCc1c(CNC2CC2)oc2cc(OC)ccc12. The highest BCUT2D eigenvalue weighted by molar-refractivity contribution is 5.83. The van der Waals surface area contributed by atoms with E-state index in [-0.39, 0.29) is 0 Å². The molecule has 0 aliphatic heterocycles. The Labute approximate surface area is 112 Å². The molecule has 1 heterocycles. The van der Waals surface area contributed by atoms with Gasteiger partial charge in [-0.2, -0.15) is 0 Å². The summed E-state index contributed by atoms with van der Waals surface area (Å²) in [6, 6.07) is 6.58. The van der Waals surface area contributed by atoms with Gasteiger partial charge in [-0.3, -0.25) is 0 Å². The van der Waals surface area contributed by atoms with Crippen molar-refractivity contribution >= 4 is 11.0 Å². The van der Waals surface area contributed by atoms with Crippen molar-refractivity contribution < 1.29 is 13.9 Å². The zero-order chi connectivity index (χ0) is 13.2. The van der Waals surface area contributed by atoms with Gasteiger partial charge in [0.15, 0.2) is 0 Å². The number of benzene rings is 1. The molecule has 4 heteroatoms. The van der Waals surface area contributed by atoms with Crippen LogP contribution in [0.25, 0.3) is 11.0 Å². The summed E-state index contributed by atoms with van der Waals surface area (Å²) >= 11 is 0. The maximum absolute atomic E-state index is 5.95. The Morgan fingerprint density at radius 1 is 1.32 bits per heavy atom. The fourth-order valence-electron chi connectivity index (χ4n) is 2.28. The topological polar surface area (TPSA) is 43.6 Å². The molecule has 0 atom stereocenters. The van der Waals surface area contributed by atoms with Gasteiger partial charge in [0.25, 0.3) is 0 Å². The Balaban J connectivity index is 1.94. The zero-order valence-electron chi connectivity index (χ0n) is 11.4. The molecule has 1 saturated carbocycles. The maximum atomic E-state index is 5.95. The molecule has 3 rings (SSSR count). The van der Waals surface area contributed by atoms with Crippen molar-refractivity contribution in [2.75, 3.05) is 14.2 Å². The molecule has 0 radical (unpaired) electrons. The van der Waals surface area contributed by atoms with E-state index in [1.807, 2.05) is 18.2 Å². The Kier molecular flexibility index (Phi) is 3.44. The lowest BCUT2D eigenvalue weighted by Gasteiger charge is -2.03. The number of furan rings is 1. The second kappa shape index (κ2) is 5.23. The van der Waals surface area contributed by atoms with Gasteiger partial charge in [0.2, 0.25) is 0 Å². The van der Waals surface area contributed by atoms with Crippen molar-refractivity contribution in [3.8, 4) is 5.75 Å².